The molecule has 158 valence electrons. The van der Waals surface area contributed by atoms with Crippen molar-refractivity contribution in [2.45, 2.75) is 13.0 Å². The number of carbonyl (C=O) groups is 1. The molecule has 0 radical (unpaired) electrons. The molecule has 0 saturated heterocycles. The molecule has 0 spiro atoms. The molecule has 2 aromatic carbocycles. The highest BCUT2D eigenvalue weighted by Crippen LogP contribution is 2.31. The number of fused-ring (bicyclic) bond motifs is 1. The van der Waals surface area contributed by atoms with Gasteiger partial charge in [-0.2, -0.15) is 0 Å². The van der Waals surface area contributed by atoms with Crippen LogP contribution in [0.2, 0.25) is 0 Å². The summed E-state index contributed by atoms with van der Waals surface area (Å²) in [5, 5.41) is 0. The lowest BCUT2D eigenvalue weighted by molar-refractivity contribution is -0.136. The van der Waals surface area contributed by atoms with Gasteiger partial charge in [-0.15, -0.1) is 0 Å². The molecule has 0 saturated carbocycles. The van der Waals surface area contributed by atoms with Gasteiger partial charge >= 0.3 is 5.97 Å². The highest BCUT2D eigenvalue weighted by Gasteiger charge is 2.32. The minimum absolute atomic E-state index is 0.207. The first-order chi connectivity index (χ1) is 14.9. The number of nitrogens with zero attached hydrogens (tertiary/aromatic N) is 2. The third-order valence-electron chi connectivity index (χ3n) is 5.03. The van der Waals surface area contributed by atoms with Gasteiger partial charge in [0.1, 0.15) is 5.75 Å². The number of carbonyl (C=O) groups excluding carboxylic acids is 1. The Labute approximate surface area is 190 Å². The lowest BCUT2D eigenvalue weighted by Gasteiger charge is -2.24. The van der Waals surface area contributed by atoms with Gasteiger partial charge in [-0.25, -0.2) is 9.79 Å². The Kier molecular flexibility index (Phi) is 5.93. The van der Waals surface area contributed by atoms with Crippen LogP contribution in [0.4, 0.5) is 0 Å². The summed E-state index contributed by atoms with van der Waals surface area (Å²) >= 11 is 4.73. The van der Waals surface area contributed by atoms with Crippen LogP contribution in [0.3, 0.4) is 0 Å². The van der Waals surface area contributed by atoms with Crippen LogP contribution >= 0.6 is 27.3 Å². The molecule has 1 aliphatic rings. The summed E-state index contributed by atoms with van der Waals surface area (Å²) in [6.07, 6.45) is 1.82. The number of hydrogen-bond acceptors (Lipinski definition) is 6. The van der Waals surface area contributed by atoms with Gasteiger partial charge in [0.25, 0.3) is 5.56 Å². The Morgan fingerprint density at radius 2 is 1.81 bits per heavy atom. The molecule has 6 nitrogen and oxygen atoms in total. The van der Waals surface area contributed by atoms with Crippen LogP contribution in [0.5, 0.6) is 5.75 Å². The maximum atomic E-state index is 13.4. The number of aromatic nitrogens is 1. The van der Waals surface area contributed by atoms with Crippen LogP contribution < -0.4 is 19.6 Å². The van der Waals surface area contributed by atoms with Crippen molar-refractivity contribution in [1.82, 2.24) is 4.57 Å². The van der Waals surface area contributed by atoms with Crippen molar-refractivity contribution >= 4 is 39.3 Å². The molecule has 8 heteroatoms. The Bertz CT molecular complexity index is 1350. The first-order valence-electron chi connectivity index (χ1n) is 9.43. The predicted molar refractivity (Wildman–Crippen MR) is 123 cm³/mol. The topological polar surface area (TPSA) is 69.9 Å². The highest BCUT2D eigenvalue weighted by atomic mass is 79.9. The van der Waals surface area contributed by atoms with E-state index in [1.807, 2.05) is 54.6 Å². The number of ether oxygens (including phenoxy) is 2. The highest BCUT2D eigenvalue weighted by molar-refractivity contribution is 9.10. The second-order valence-electron chi connectivity index (χ2n) is 6.90. The molecular formula is C23H19BrN2O4S. The summed E-state index contributed by atoms with van der Waals surface area (Å²) in [6, 6.07) is 14.4. The Balaban J connectivity index is 1.93. The van der Waals surface area contributed by atoms with Gasteiger partial charge in [-0.1, -0.05) is 51.5 Å². The maximum Gasteiger partial charge on any atom is 0.338 e. The predicted octanol–water partition coefficient (Wildman–Crippen LogP) is 3.18. The zero-order valence-corrected chi connectivity index (χ0v) is 19.5. The Morgan fingerprint density at radius 3 is 2.42 bits per heavy atom. The molecule has 1 aromatic heterocycles. The average molecular weight is 499 g/mol. The zero-order valence-electron chi connectivity index (χ0n) is 17.1. The van der Waals surface area contributed by atoms with Gasteiger partial charge in [0, 0.05) is 4.47 Å². The van der Waals surface area contributed by atoms with E-state index in [0.29, 0.717) is 20.6 Å². The van der Waals surface area contributed by atoms with E-state index < -0.39 is 12.0 Å². The standard InChI is InChI=1S/C23H19BrN2O4S/c1-13-19(22(28)30-3)20(15-6-8-16(24)9-7-15)26-21(27)18(31-23(26)25-13)12-14-4-10-17(29-2)11-5-14/h4-12,20H,1-3H3. The first kappa shape index (κ1) is 21.3. The van der Waals surface area contributed by atoms with Gasteiger partial charge < -0.3 is 9.47 Å². The van der Waals surface area contributed by atoms with Crippen molar-refractivity contribution in [3.63, 3.8) is 0 Å². The fourth-order valence-electron chi connectivity index (χ4n) is 3.50. The van der Waals surface area contributed by atoms with E-state index in [1.165, 1.54) is 18.4 Å². The molecule has 0 fully saturated rings. The summed E-state index contributed by atoms with van der Waals surface area (Å²) in [5.41, 5.74) is 2.36. The van der Waals surface area contributed by atoms with Crippen molar-refractivity contribution in [3.8, 4) is 5.75 Å². The molecular weight excluding hydrogens is 480 g/mol. The number of benzene rings is 2. The van der Waals surface area contributed by atoms with Gasteiger partial charge in [0.05, 0.1) is 36.1 Å². The Hall–Kier alpha value is -2.97. The summed E-state index contributed by atoms with van der Waals surface area (Å²) in [4.78, 5) is 31.1. The van der Waals surface area contributed by atoms with Crippen LogP contribution in [-0.4, -0.2) is 24.8 Å². The molecule has 0 bridgehead atoms. The molecule has 0 amide bonds. The summed E-state index contributed by atoms with van der Waals surface area (Å²) in [5.74, 6) is 0.241. The van der Waals surface area contributed by atoms with Crippen LogP contribution in [0.1, 0.15) is 24.1 Å². The van der Waals surface area contributed by atoms with Gasteiger partial charge in [-0.3, -0.25) is 9.36 Å². The molecule has 1 atom stereocenters. The molecule has 3 aromatic rings. The number of halogens is 1. The molecule has 2 heterocycles. The van der Waals surface area contributed by atoms with Crippen molar-refractivity contribution in [1.29, 1.82) is 0 Å². The van der Waals surface area contributed by atoms with Crippen LogP contribution in [-0.2, 0) is 9.53 Å². The van der Waals surface area contributed by atoms with E-state index in [0.717, 1.165) is 21.3 Å². The number of esters is 1. The van der Waals surface area contributed by atoms with Crippen LogP contribution in [0.25, 0.3) is 6.08 Å². The average Bonchev–Trinajstić information content (AvgIpc) is 3.08. The quantitative estimate of drug-likeness (QED) is 0.518. The van der Waals surface area contributed by atoms with E-state index in [4.69, 9.17) is 9.47 Å². The van der Waals surface area contributed by atoms with Crippen molar-refractivity contribution < 1.29 is 14.3 Å². The summed E-state index contributed by atoms with van der Waals surface area (Å²) in [7, 11) is 2.94. The largest absolute Gasteiger partial charge is 0.497 e. The van der Waals surface area contributed by atoms with E-state index in [-0.39, 0.29) is 5.56 Å². The third-order valence-corrected chi connectivity index (χ3v) is 6.54. The van der Waals surface area contributed by atoms with Crippen molar-refractivity contribution in [2.75, 3.05) is 14.2 Å². The summed E-state index contributed by atoms with van der Waals surface area (Å²) in [6.45, 7) is 1.76. The second kappa shape index (κ2) is 8.64. The smallest absolute Gasteiger partial charge is 0.338 e. The van der Waals surface area contributed by atoms with E-state index in [9.17, 15) is 9.59 Å². The second-order valence-corrected chi connectivity index (χ2v) is 8.82. The minimum Gasteiger partial charge on any atom is -0.497 e. The molecule has 4 rings (SSSR count). The van der Waals surface area contributed by atoms with Crippen molar-refractivity contribution in [3.05, 3.63) is 95.1 Å². The molecule has 1 aliphatic heterocycles. The first-order valence-corrected chi connectivity index (χ1v) is 11.0. The van der Waals surface area contributed by atoms with E-state index >= 15 is 0 Å². The number of methoxy groups -OCH3 is 2. The normalized spacial score (nSPS) is 16.0. The zero-order chi connectivity index (χ0) is 22.1. The fourth-order valence-corrected chi connectivity index (χ4v) is 4.82. The van der Waals surface area contributed by atoms with E-state index in [2.05, 4.69) is 20.9 Å². The lowest BCUT2D eigenvalue weighted by Crippen LogP contribution is -2.39. The molecule has 0 N–H and O–H groups in total. The third kappa shape index (κ3) is 4.00. The van der Waals surface area contributed by atoms with E-state index in [1.54, 1.807) is 18.6 Å². The summed E-state index contributed by atoms with van der Waals surface area (Å²) < 4.78 is 13.2. The number of hydrogen-bond donors (Lipinski definition) is 0. The van der Waals surface area contributed by atoms with Gasteiger partial charge in [0.2, 0.25) is 0 Å². The van der Waals surface area contributed by atoms with Crippen LogP contribution in [0.15, 0.2) is 74.1 Å². The van der Waals surface area contributed by atoms with Crippen molar-refractivity contribution in [2.24, 2.45) is 4.99 Å². The maximum absolute atomic E-state index is 13.4. The molecule has 0 aliphatic carbocycles. The monoisotopic (exact) mass is 498 g/mol. The van der Waals surface area contributed by atoms with Gasteiger partial charge in [-0.05, 0) is 48.4 Å². The molecule has 31 heavy (non-hydrogen) atoms. The number of allylic oxidation sites excluding steroid dienone is 1. The fraction of sp³-hybridized carbons (Fsp3) is 0.174. The van der Waals surface area contributed by atoms with Crippen LogP contribution in [0, 0.1) is 0 Å². The SMILES string of the molecule is COC(=O)C1=C(C)N=c2sc(=Cc3ccc(OC)cc3)c(=O)n2C1c1ccc(Br)cc1. The lowest BCUT2D eigenvalue weighted by atomic mass is 9.96. The Morgan fingerprint density at radius 1 is 1.13 bits per heavy atom. The number of thiazole rings is 1. The number of rotatable bonds is 4. The molecule has 1 unspecified atom stereocenters. The van der Waals surface area contributed by atoms with Gasteiger partial charge in [0.15, 0.2) is 4.80 Å². The minimum atomic E-state index is -0.616.